The summed E-state index contributed by atoms with van der Waals surface area (Å²) in [5, 5.41) is 20.5. The van der Waals surface area contributed by atoms with Gasteiger partial charge in [0.15, 0.2) is 5.58 Å². The molecular weight excluding hydrogens is 621 g/mol. The third kappa shape index (κ3) is 5.61. The van der Waals surface area contributed by atoms with Gasteiger partial charge in [0.05, 0.1) is 37.0 Å². The van der Waals surface area contributed by atoms with E-state index in [0.29, 0.717) is 61.2 Å². The van der Waals surface area contributed by atoms with Gasteiger partial charge in [-0.3, -0.25) is 14.6 Å². The highest BCUT2D eigenvalue weighted by molar-refractivity contribution is 7.15. The Morgan fingerprint density at radius 2 is 1.73 bits per heavy atom. The van der Waals surface area contributed by atoms with Crippen LogP contribution in [0.15, 0.2) is 52.9 Å². The minimum atomic E-state index is -0.311. The Labute approximate surface area is 284 Å². The zero-order valence-electron chi connectivity index (χ0n) is 27.5. The van der Waals surface area contributed by atoms with Crippen molar-refractivity contribution in [3.05, 3.63) is 81.4 Å². The van der Waals surface area contributed by atoms with Crippen molar-refractivity contribution in [1.29, 1.82) is 5.26 Å². The minimum absolute atomic E-state index is 0.0853. The highest BCUT2D eigenvalue weighted by Crippen LogP contribution is 2.40. The Hall–Kier alpha value is -4.40. The lowest BCUT2D eigenvalue weighted by molar-refractivity contribution is -0.135. The van der Waals surface area contributed by atoms with Crippen molar-refractivity contribution < 1.29 is 14.3 Å². The molecule has 0 spiro atoms. The number of likely N-dealkylation sites (tertiary alicyclic amines) is 2. The fourth-order valence-corrected chi connectivity index (χ4v) is 8.59. The average Bonchev–Trinajstić information content (AvgIpc) is 3.84. The first-order chi connectivity index (χ1) is 23.2. The molecule has 0 aliphatic carbocycles. The lowest BCUT2D eigenvalue weighted by Crippen LogP contribution is -2.53. The van der Waals surface area contributed by atoms with Gasteiger partial charge in [-0.25, -0.2) is 9.97 Å². The number of nitrogens with zero attached hydrogens (tertiary/aromatic N) is 6. The van der Waals surface area contributed by atoms with Crippen molar-refractivity contribution in [2.45, 2.75) is 52.9 Å². The number of rotatable bonds is 7. The summed E-state index contributed by atoms with van der Waals surface area (Å²) in [5.74, 6) is 1.30. The summed E-state index contributed by atoms with van der Waals surface area (Å²) in [6.45, 7) is 12.1. The summed E-state index contributed by atoms with van der Waals surface area (Å²) in [4.78, 5) is 30.1. The van der Waals surface area contributed by atoms with Gasteiger partial charge >= 0.3 is 0 Å². The van der Waals surface area contributed by atoms with Crippen LogP contribution >= 0.6 is 11.3 Å². The molecule has 3 aromatic carbocycles. The van der Waals surface area contributed by atoms with E-state index in [0.717, 1.165) is 74.2 Å². The molecule has 8 rings (SSSR count). The Kier molecular flexibility index (Phi) is 7.88. The molecule has 5 heterocycles. The van der Waals surface area contributed by atoms with Gasteiger partial charge in [-0.2, -0.15) is 5.26 Å². The highest BCUT2D eigenvalue weighted by Gasteiger charge is 2.32. The van der Waals surface area contributed by atoms with Crippen molar-refractivity contribution in [2.75, 3.05) is 32.7 Å². The predicted octanol–water partition coefficient (Wildman–Crippen LogP) is 6.13. The number of carbonyl (C=O) groups excluding carboxylic acids is 1. The van der Waals surface area contributed by atoms with Gasteiger partial charge in [-0.1, -0.05) is 37.3 Å². The van der Waals surface area contributed by atoms with Crippen LogP contribution in [0.2, 0.25) is 0 Å². The SMILES string of the molecule is Cc1c(-c2nc3cc(CN4CC[C@@H](C)C4)cc(C#N)c3o2)cccc1-c1cccc(-c2nc3c(s2)CN(C(=O)CN2CC(O)C2)C3)c1C. The number of carbonyl (C=O) groups is 1. The molecule has 2 saturated heterocycles. The quantitative estimate of drug-likeness (QED) is 0.222. The van der Waals surface area contributed by atoms with Gasteiger partial charge < -0.3 is 14.4 Å². The van der Waals surface area contributed by atoms with Crippen LogP contribution in [0.1, 0.15) is 46.2 Å². The molecule has 3 aliphatic heterocycles. The van der Waals surface area contributed by atoms with Gasteiger partial charge in [0.1, 0.15) is 16.6 Å². The second-order valence-corrected chi connectivity index (χ2v) is 14.8. The maximum Gasteiger partial charge on any atom is 0.237 e. The van der Waals surface area contributed by atoms with Crippen LogP contribution in [0, 0.1) is 31.1 Å². The van der Waals surface area contributed by atoms with Crippen molar-refractivity contribution in [1.82, 2.24) is 24.7 Å². The molecule has 0 unspecified atom stereocenters. The van der Waals surface area contributed by atoms with Gasteiger partial charge in [0, 0.05) is 42.2 Å². The van der Waals surface area contributed by atoms with Gasteiger partial charge in [0.25, 0.3) is 0 Å². The number of aliphatic hydroxyl groups is 1. The number of β-amino-alcohol motifs (C(OH)–C–C–N with tert-alkyl or cyclic N) is 1. The Bertz CT molecular complexity index is 2080. The van der Waals surface area contributed by atoms with Crippen LogP contribution in [0.3, 0.4) is 0 Å². The number of fused-ring (bicyclic) bond motifs is 2. The molecule has 3 aliphatic rings. The number of thiazole rings is 1. The topological polar surface area (TPSA) is 110 Å². The molecule has 0 saturated carbocycles. The first-order valence-corrected chi connectivity index (χ1v) is 17.5. The molecule has 2 fully saturated rings. The molecule has 5 aromatic rings. The average molecular weight is 659 g/mol. The lowest BCUT2D eigenvalue weighted by atomic mass is 9.91. The van der Waals surface area contributed by atoms with E-state index in [9.17, 15) is 15.2 Å². The van der Waals surface area contributed by atoms with Crippen LogP contribution in [-0.4, -0.2) is 74.5 Å². The molecule has 48 heavy (non-hydrogen) atoms. The van der Waals surface area contributed by atoms with E-state index < -0.39 is 0 Å². The van der Waals surface area contributed by atoms with Crippen LogP contribution in [0.4, 0.5) is 0 Å². The normalized spacial score (nSPS) is 18.4. The summed E-state index contributed by atoms with van der Waals surface area (Å²) in [6, 6.07) is 18.9. The van der Waals surface area contributed by atoms with Gasteiger partial charge in [0.2, 0.25) is 11.8 Å². The van der Waals surface area contributed by atoms with Crippen LogP contribution in [0.5, 0.6) is 0 Å². The van der Waals surface area contributed by atoms with Crippen molar-refractivity contribution >= 4 is 28.3 Å². The van der Waals surface area contributed by atoms with Crippen LogP contribution in [0.25, 0.3) is 44.3 Å². The van der Waals surface area contributed by atoms with Crippen LogP contribution in [-0.2, 0) is 24.4 Å². The van der Waals surface area contributed by atoms with Crippen molar-refractivity contribution in [2.24, 2.45) is 5.92 Å². The Morgan fingerprint density at radius 3 is 2.42 bits per heavy atom. The number of hydrogen-bond donors (Lipinski definition) is 1. The molecule has 244 valence electrons. The number of aromatic nitrogens is 2. The zero-order valence-corrected chi connectivity index (χ0v) is 28.3. The predicted molar refractivity (Wildman–Crippen MR) is 186 cm³/mol. The number of oxazole rings is 1. The molecule has 1 N–H and O–H groups in total. The van der Waals surface area contributed by atoms with E-state index >= 15 is 0 Å². The molecule has 1 atom stereocenters. The summed E-state index contributed by atoms with van der Waals surface area (Å²) < 4.78 is 6.31. The Balaban J connectivity index is 1.06. The summed E-state index contributed by atoms with van der Waals surface area (Å²) >= 11 is 1.66. The molecule has 0 radical (unpaired) electrons. The fourth-order valence-electron chi connectivity index (χ4n) is 7.42. The molecule has 2 aromatic heterocycles. The van der Waals surface area contributed by atoms with Crippen molar-refractivity contribution in [3.63, 3.8) is 0 Å². The molecule has 9 nitrogen and oxygen atoms in total. The minimum Gasteiger partial charge on any atom is -0.435 e. The fraction of sp³-hybridized carbons (Fsp3) is 0.368. The second-order valence-electron chi connectivity index (χ2n) is 13.7. The lowest BCUT2D eigenvalue weighted by Gasteiger charge is -2.36. The summed E-state index contributed by atoms with van der Waals surface area (Å²) in [5.41, 5.74) is 10.2. The first kappa shape index (κ1) is 30.9. The number of benzene rings is 3. The molecule has 10 heteroatoms. The maximum absolute atomic E-state index is 12.8. The largest absolute Gasteiger partial charge is 0.435 e. The van der Waals surface area contributed by atoms with Crippen molar-refractivity contribution in [3.8, 4) is 39.2 Å². The molecule has 0 bridgehead atoms. The third-order valence-electron chi connectivity index (χ3n) is 10.1. The maximum atomic E-state index is 12.8. The standard InChI is InChI=1S/C38H38N6O3S/c1-22-10-11-42(15-22)16-25-12-26(14-39)36-32(13-25)40-37(47-36)30-8-4-6-28(23(30)2)29-7-5-9-31(24(29)3)38-41-33-19-44(20-34(33)48-38)35(46)21-43-17-27(45)18-43/h4-9,12-13,22,27,45H,10-11,15-21H2,1-3H3/t22-/m1/s1. The van der Waals surface area contributed by atoms with E-state index in [4.69, 9.17) is 14.4 Å². The monoisotopic (exact) mass is 658 g/mol. The van der Waals surface area contributed by atoms with E-state index in [1.54, 1.807) is 11.3 Å². The van der Waals surface area contributed by atoms with E-state index in [1.165, 1.54) is 6.42 Å². The number of nitriles is 1. The Morgan fingerprint density at radius 1 is 1.00 bits per heavy atom. The molecule has 1 amide bonds. The first-order valence-electron chi connectivity index (χ1n) is 16.7. The zero-order chi connectivity index (χ0) is 33.1. The van der Waals surface area contributed by atoms with Crippen LogP contribution < -0.4 is 0 Å². The summed E-state index contributed by atoms with van der Waals surface area (Å²) in [6.07, 6.45) is 0.896. The van der Waals surface area contributed by atoms with E-state index in [-0.39, 0.29) is 12.0 Å². The molecular formula is C38H38N6O3S. The number of hydrogen-bond acceptors (Lipinski definition) is 9. The van der Waals surface area contributed by atoms with E-state index in [1.807, 2.05) is 28.0 Å². The number of amides is 1. The smallest absolute Gasteiger partial charge is 0.237 e. The van der Waals surface area contributed by atoms with Gasteiger partial charge in [-0.05, 0) is 78.7 Å². The number of aliphatic hydroxyl groups excluding tert-OH is 1. The van der Waals surface area contributed by atoms with E-state index in [2.05, 4.69) is 62.1 Å². The second kappa shape index (κ2) is 12.2. The van der Waals surface area contributed by atoms with Gasteiger partial charge in [-0.15, -0.1) is 11.3 Å². The third-order valence-corrected chi connectivity index (χ3v) is 11.2. The summed E-state index contributed by atoms with van der Waals surface area (Å²) in [7, 11) is 0. The highest BCUT2D eigenvalue weighted by atomic mass is 32.1.